The summed E-state index contributed by atoms with van der Waals surface area (Å²) in [4.78, 5) is 23.4. The van der Waals surface area contributed by atoms with Gasteiger partial charge in [-0.15, -0.1) is 0 Å². The van der Waals surface area contributed by atoms with Gasteiger partial charge in [0.1, 0.15) is 6.04 Å². The Morgan fingerprint density at radius 1 is 1.19 bits per heavy atom. The highest BCUT2D eigenvalue weighted by molar-refractivity contribution is 6.00. The number of carbonyl (C=O) groups is 2. The first-order valence-electron chi connectivity index (χ1n) is 7.31. The van der Waals surface area contributed by atoms with Crippen LogP contribution in [-0.4, -0.2) is 16.4 Å². The Morgan fingerprint density at radius 2 is 1.95 bits per heavy atom. The van der Waals surface area contributed by atoms with E-state index in [4.69, 9.17) is 0 Å². The minimum absolute atomic E-state index is 0.0521. The van der Waals surface area contributed by atoms with Crippen molar-refractivity contribution in [2.24, 2.45) is 0 Å². The molecule has 1 unspecified atom stereocenters. The van der Waals surface area contributed by atoms with E-state index in [1.807, 2.05) is 22.9 Å². The van der Waals surface area contributed by atoms with E-state index in [1.54, 1.807) is 0 Å². The average Bonchev–Trinajstić information content (AvgIpc) is 2.81. The van der Waals surface area contributed by atoms with Gasteiger partial charge in [-0.3, -0.25) is 14.9 Å². The third-order valence-electron chi connectivity index (χ3n) is 4.12. The molecule has 0 spiro atoms. The Kier molecular flexibility index (Phi) is 3.12. The topological polar surface area (TPSA) is 51.1 Å². The summed E-state index contributed by atoms with van der Waals surface area (Å²) >= 11 is 0. The Balaban J connectivity index is 2.09. The molecule has 1 aromatic heterocycles. The number of nitrogens with zero attached hydrogens (tertiary/aromatic N) is 1. The molecule has 1 aliphatic heterocycles. The van der Waals surface area contributed by atoms with E-state index in [2.05, 4.69) is 38.2 Å². The van der Waals surface area contributed by atoms with Gasteiger partial charge in [0.2, 0.25) is 11.8 Å². The van der Waals surface area contributed by atoms with Crippen LogP contribution in [-0.2, 0) is 15.0 Å². The molecule has 4 heteroatoms. The Morgan fingerprint density at radius 3 is 2.62 bits per heavy atom. The number of hydrogen-bond donors (Lipinski definition) is 1. The number of benzene rings is 1. The van der Waals surface area contributed by atoms with Gasteiger partial charge >= 0.3 is 0 Å². The second-order valence-electron chi connectivity index (χ2n) is 6.68. The van der Waals surface area contributed by atoms with Gasteiger partial charge in [-0.05, 0) is 29.5 Å². The van der Waals surface area contributed by atoms with Gasteiger partial charge in [-0.2, -0.15) is 0 Å². The van der Waals surface area contributed by atoms with Gasteiger partial charge < -0.3 is 4.57 Å². The minimum Gasteiger partial charge on any atom is -0.335 e. The number of imide groups is 1. The minimum atomic E-state index is -0.296. The number of nitrogens with one attached hydrogen (secondary N) is 1. The molecule has 110 valence electrons. The third-order valence-corrected chi connectivity index (χ3v) is 4.12. The molecule has 1 aliphatic rings. The molecule has 0 saturated carbocycles. The van der Waals surface area contributed by atoms with Crippen LogP contribution in [0.5, 0.6) is 0 Å². The van der Waals surface area contributed by atoms with Crippen LogP contribution in [0.1, 0.15) is 45.2 Å². The van der Waals surface area contributed by atoms with Crippen LogP contribution in [0.3, 0.4) is 0 Å². The highest BCUT2D eigenvalue weighted by Crippen LogP contribution is 2.33. The molecule has 1 atom stereocenters. The molecule has 2 heterocycles. The molecule has 2 aromatic rings. The van der Waals surface area contributed by atoms with Crippen LogP contribution >= 0.6 is 0 Å². The first kappa shape index (κ1) is 13.9. The normalized spacial score (nSPS) is 19.9. The number of piperidine rings is 1. The fraction of sp³-hybridized carbons (Fsp3) is 0.412. The molecule has 0 bridgehead atoms. The molecule has 0 aliphatic carbocycles. The number of fused-ring (bicyclic) bond motifs is 1. The van der Waals surface area contributed by atoms with Crippen molar-refractivity contribution in [1.29, 1.82) is 0 Å². The van der Waals surface area contributed by atoms with Crippen molar-refractivity contribution in [3.63, 3.8) is 0 Å². The maximum absolute atomic E-state index is 12.1. The van der Waals surface area contributed by atoms with Crippen LogP contribution in [0.15, 0.2) is 30.5 Å². The van der Waals surface area contributed by atoms with E-state index in [9.17, 15) is 9.59 Å². The van der Waals surface area contributed by atoms with Crippen LogP contribution in [0.25, 0.3) is 10.9 Å². The summed E-state index contributed by atoms with van der Waals surface area (Å²) in [7, 11) is 0. The van der Waals surface area contributed by atoms with Gasteiger partial charge in [0, 0.05) is 23.5 Å². The molecule has 1 saturated heterocycles. The Hall–Kier alpha value is -2.10. The molecule has 4 nitrogen and oxygen atoms in total. The van der Waals surface area contributed by atoms with E-state index in [1.165, 1.54) is 10.9 Å². The second-order valence-corrected chi connectivity index (χ2v) is 6.68. The quantitative estimate of drug-likeness (QED) is 0.819. The second kappa shape index (κ2) is 4.72. The average molecular weight is 284 g/mol. The van der Waals surface area contributed by atoms with Gasteiger partial charge in [-0.1, -0.05) is 32.9 Å². The first-order chi connectivity index (χ1) is 9.88. The van der Waals surface area contributed by atoms with Crippen LogP contribution in [0, 0.1) is 0 Å². The molecular weight excluding hydrogens is 264 g/mol. The first-order valence-corrected chi connectivity index (χ1v) is 7.31. The van der Waals surface area contributed by atoms with Crippen molar-refractivity contribution in [2.45, 2.75) is 45.1 Å². The smallest absolute Gasteiger partial charge is 0.249 e. The number of rotatable bonds is 1. The lowest BCUT2D eigenvalue weighted by Gasteiger charge is -2.24. The molecule has 2 amide bonds. The molecule has 1 fully saturated rings. The maximum Gasteiger partial charge on any atom is 0.249 e. The molecule has 1 N–H and O–H groups in total. The summed E-state index contributed by atoms with van der Waals surface area (Å²) < 4.78 is 1.99. The molecule has 21 heavy (non-hydrogen) atoms. The van der Waals surface area contributed by atoms with Crippen LogP contribution in [0.4, 0.5) is 0 Å². The Labute approximate surface area is 124 Å². The lowest BCUT2D eigenvalue weighted by atomic mass is 9.85. The largest absolute Gasteiger partial charge is 0.335 e. The highest BCUT2D eigenvalue weighted by atomic mass is 16.2. The number of hydrogen-bond acceptors (Lipinski definition) is 2. The van der Waals surface area contributed by atoms with Crippen molar-refractivity contribution in [3.05, 3.63) is 36.0 Å². The molecular formula is C17H20N2O2. The summed E-state index contributed by atoms with van der Waals surface area (Å²) in [6, 6.07) is 7.98. The van der Waals surface area contributed by atoms with Crippen molar-refractivity contribution >= 4 is 22.7 Å². The van der Waals surface area contributed by atoms with Gasteiger partial charge in [0.15, 0.2) is 0 Å². The number of amides is 2. The fourth-order valence-corrected chi connectivity index (χ4v) is 3.06. The van der Waals surface area contributed by atoms with E-state index in [0.717, 1.165) is 5.52 Å². The van der Waals surface area contributed by atoms with Crippen LogP contribution < -0.4 is 5.32 Å². The van der Waals surface area contributed by atoms with Crippen molar-refractivity contribution in [1.82, 2.24) is 9.88 Å². The van der Waals surface area contributed by atoms with E-state index < -0.39 is 0 Å². The molecule has 0 radical (unpaired) electrons. The van der Waals surface area contributed by atoms with E-state index in [-0.39, 0.29) is 23.3 Å². The summed E-state index contributed by atoms with van der Waals surface area (Å²) in [5, 5.41) is 3.60. The van der Waals surface area contributed by atoms with E-state index in [0.29, 0.717) is 12.8 Å². The summed E-state index contributed by atoms with van der Waals surface area (Å²) in [6.07, 6.45) is 2.92. The zero-order chi connectivity index (χ0) is 15.2. The monoisotopic (exact) mass is 284 g/mol. The SMILES string of the molecule is CC(C)(C)c1cccc2c1ccn2C1CCC(=O)NC1=O. The van der Waals surface area contributed by atoms with Crippen LogP contribution in [0.2, 0.25) is 0 Å². The summed E-state index contributed by atoms with van der Waals surface area (Å²) in [6.45, 7) is 6.56. The third kappa shape index (κ3) is 2.35. The zero-order valence-electron chi connectivity index (χ0n) is 12.6. The van der Waals surface area contributed by atoms with Gasteiger partial charge in [-0.25, -0.2) is 0 Å². The van der Waals surface area contributed by atoms with Crippen molar-refractivity contribution < 1.29 is 9.59 Å². The fourth-order valence-electron chi connectivity index (χ4n) is 3.06. The predicted molar refractivity (Wildman–Crippen MR) is 82.1 cm³/mol. The predicted octanol–water partition coefficient (Wildman–Crippen LogP) is 2.92. The van der Waals surface area contributed by atoms with Gasteiger partial charge in [0.05, 0.1) is 0 Å². The number of aromatic nitrogens is 1. The van der Waals surface area contributed by atoms with Gasteiger partial charge in [0.25, 0.3) is 0 Å². The molecule has 3 rings (SSSR count). The zero-order valence-corrected chi connectivity index (χ0v) is 12.6. The Bertz CT molecular complexity index is 722. The summed E-state index contributed by atoms with van der Waals surface area (Å²) in [5.74, 6) is -0.381. The van der Waals surface area contributed by atoms with Crippen molar-refractivity contribution in [2.75, 3.05) is 0 Å². The maximum atomic E-state index is 12.1. The number of carbonyl (C=O) groups excluding carboxylic acids is 2. The lowest BCUT2D eigenvalue weighted by Crippen LogP contribution is -2.41. The standard InChI is InChI=1S/C17H20N2O2/c1-17(2,3)12-5-4-6-13-11(12)9-10-19(13)14-7-8-15(20)18-16(14)21/h4-6,9-10,14H,7-8H2,1-3H3,(H,18,20,21). The highest BCUT2D eigenvalue weighted by Gasteiger charge is 2.29. The summed E-state index contributed by atoms with van der Waals surface area (Å²) in [5.41, 5.74) is 2.37. The van der Waals surface area contributed by atoms with Crippen molar-refractivity contribution in [3.8, 4) is 0 Å². The van der Waals surface area contributed by atoms with E-state index >= 15 is 0 Å². The molecule has 1 aromatic carbocycles. The lowest BCUT2D eigenvalue weighted by molar-refractivity contribution is -0.135.